The Bertz CT molecular complexity index is 455. The van der Waals surface area contributed by atoms with Crippen molar-refractivity contribution < 1.29 is 4.74 Å². The Hall–Kier alpha value is -1.71. The number of methoxy groups -OCH3 is 1. The largest absolute Gasteiger partial charge is 0.496 e. The third-order valence-electron chi connectivity index (χ3n) is 3.39. The number of aryl methyl sites for hydroxylation is 1. The number of nitrogens with zero attached hydrogens (tertiary/aromatic N) is 1. The first kappa shape index (κ1) is 17.3. The fourth-order valence-electron chi connectivity index (χ4n) is 2.17. The van der Waals surface area contributed by atoms with Crippen LogP contribution < -0.4 is 15.4 Å². The lowest BCUT2D eigenvalue weighted by atomic mass is 10.1. The monoisotopic (exact) mass is 291 g/mol. The molecule has 0 amide bonds. The van der Waals surface area contributed by atoms with Crippen molar-refractivity contribution in [1.82, 2.24) is 10.6 Å². The van der Waals surface area contributed by atoms with Crippen LogP contribution >= 0.6 is 0 Å². The predicted molar refractivity (Wildman–Crippen MR) is 90.0 cm³/mol. The second-order valence-corrected chi connectivity index (χ2v) is 5.69. The highest BCUT2D eigenvalue weighted by Gasteiger charge is 2.02. The SMILES string of the molecule is CN=C(NCCCC(C)C)NCc1ccc(OC)c(C)c1. The lowest BCUT2D eigenvalue weighted by molar-refractivity contribution is 0.411. The first-order valence-electron chi connectivity index (χ1n) is 7.64. The molecule has 0 saturated heterocycles. The topological polar surface area (TPSA) is 45.7 Å². The van der Waals surface area contributed by atoms with Crippen LogP contribution in [0.2, 0.25) is 0 Å². The quantitative estimate of drug-likeness (QED) is 0.461. The second kappa shape index (κ2) is 9.27. The molecule has 1 aromatic carbocycles. The smallest absolute Gasteiger partial charge is 0.191 e. The van der Waals surface area contributed by atoms with Gasteiger partial charge in [0.15, 0.2) is 5.96 Å². The first-order valence-corrected chi connectivity index (χ1v) is 7.64. The molecule has 0 radical (unpaired) electrons. The number of guanidine groups is 1. The predicted octanol–water partition coefficient (Wildman–Crippen LogP) is 3.10. The van der Waals surface area contributed by atoms with Crippen molar-refractivity contribution in [2.75, 3.05) is 20.7 Å². The summed E-state index contributed by atoms with van der Waals surface area (Å²) in [5.74, 6) is 2.53. The summed E-state index contributed by atoms with van der Waals surface area (Å²) in [6, 6.07) is 6.22. The molecule has 0 aliphatic heterocycles. The van der Waals surface area contributed by atoms with Crippen LogP contribution in [0.4, 0.5) is 0 Å². The average Bonchev–Trinajstić information content (AvgIpc) is 2.46. The molecule has 0 aliphatic carbocycles. The van der Waals surface area contributed by atoms with Gasteiger partial charge >= 0.3 is 0 Å². The van der Waals surface area contributed by atoms with Gasteiger partial charge in [0.05, 0.1) is 7.11 Å². The molecule has 1 rings (SSSR count). The van der Waals surface area contributed by atoms with E-state index in [1.165, 1.54) is 18.4 Å². The number of aliphatic imine (C=N–C) groups is 1. The molecule has 0 fully saturated rings. The van der Waals surface area contributed by atoms with Gasteiger partial charge in [0.2, 0.25) is 0 Å². The average molecular weight is 291 g/mol. The van der Waals surface area contributed by atoms with Gasteiger partial charge in [0.1, 0.15) is 5.75 Å². The van der Waals surface area contributed by atoms with Crippen molar-refractivity contribution >= 4 is 5.96 Å². The van der Waals surface area contributed by atoms with E-state index in [4.69, 9.17) is 4.74 Å². The Balaban J connectivity index is 2.39. The van der Waals surface area contributed by atoms with Gasteiger partial charge in [0.25, 0.3) is 0 Å². The zero-order valence-corrected chi connectivity index (χ0v) is 14.0. The Kier molecular flexibility index (Phi) is 7.65. The molecule has 21 heavy (non-hydrogen) atoms. The molecule has 1 aromatic rings. The maximum atomic E-state index is 5.27. The minimum atomic E-state index is 0.754. The van der Waals surface area contributed by atoms with Gasteiger partial charge < -0.3 is 15.4 Å². The number of benzene rings is 1. The number of hydrogen-bond acceptors (Lipinski definition) is 2. The van der Waals surface area contributed by atoms with Crippen molar-refractivity contribution in [2.45, 2.75) is 40.2 Å². The van der Waals surface area contributed by atoms with Crippen LogP contribution in [-0.4, -0.2) is 26.7 Å². The van der Waals surface area contributed by atoms with E-state index in [9.17, 15) is 0 Å². The van der Waals surface area contributed by atoms with Crippen LogP contribution in [0.5, 0.6) is 5.75 Å². The number of nitrogens with one attached hydrogen (secondary N) is 2. The fourth-order valence-corrected chi connectivity index (χ4v) is 2.17. The second-order valence-electron chi connectivity index (χ2n) is 5.69. The minimum absolute atomic E-state index is 0.754. The van der Waals surface area contributed by atoms with Gasteiger partial charge in [-0.15, -0.1) is 0 Å². The van der Waals surface area contributed by atoms with Gasteiger partial charge in [-0.2, -0.15) is 0 Å². The van der Waals surface area contributed by atoms with E-state index < -0.39 is 0 Å². The van der Waals surface area contributed by atoms with Crippen molar-refractivity contribution in [2.24, 2.45) is 10.9 Å². The summed E-state index contributed by atoms with van der Waals surface area (Å²) in [5, 5.41) is 6.68. The Morgan fingerprint density at radius 1 is 1.29 bits per heavy atom. The Morgan fingerprint density at radius 2 is 2.05 bits per heavy atom. The molecule has 118 valence electrons. The van der Waals surface area contributed by atoms with E-state index in [0.29, 0.717) is 0 Å². The molecule has 4 heteroatoms. The maximum Gasteiger partial charge on any atom is 0.191 e. The highest BCUT2D eigenvalue weighted by molar-refractivity contribution is 5.79. The summed E-state index contributed by atoms with van der Waals surface area (Å²) in [5.41, 5.74) is 2.37. The van der Waals surface area contributed by atoms with Crippen LogP contribution in [0.3, 0.4) is 0 Å². The molecule has 0 atom stereocenters. The third-order valence-corrected chi connectivity index (χ3v) is 3.39. The number of hydrogen-bond donors (Lipinski definition) is 2. The van der Waals surface area contributed by atoms with E-state index >= 15 is 0 Å². The minimum Gasteiger partial charge on any atom is -0.496 e. The summed E-state index contributed by atoms with van der Waals surface area (Å²) < 4.78 is 5.27. The van der Waals surface area contributed by atoms with E-state index in [1.807, 2.05) is 6.07 Å². The molecule has 0 bridgehead atoms. The van der Waals surface area contributed by atoms with Crippen LogP contribution in [-0.2, 0) is 6.54 Å². The van der Waals surface area contributed by atoms with Gasteiger partial charge in [-0.25, -0.2) is 0 Å². The molecule has 0 unspecified atom stereocenters. The van der Waals surface area contributed by atoms with Crippen molar-refractivity contribution in [1.29, 1.82) is 0 Å². The zero-order chi connectivity index (χ0) is 15.7. The van der Waals surface area contributed by atoms with E-state index in [2.05, 4.69) is 48.5 Å². The van der Waals surface area contributed by atoms with Crippen molar-refractivity contribution in [3.05, 3.63) is 29.3 Å². The summed E-state index contributed by atoms with van der Waals surface area (Å²) in [6.07, 6.45) is 2.40. The lowest BCUT2D eigenvalue weighted by Crippen LogP contribution is -2.37. The number of rotatable bonds is 7. The molecule has 0 saturated carbocycles. The number of ether oxygens (including phenoxy) is 1. The van der Waals surface area contributed by atoms with E-state index in [0.717, 1.165) is 36.3 Å². The normalized spacial score (nSPS) is 11.6. The highest BCUT2D eigenvalue weighted by atomic mass is 16.5. The third kappa shape index (κ3) is 6.52. The fraction of sp³-hybridized carbons (Fsp3) is 0.588. The van der Waals surface area contributed by atoms with E-state index in [1.54, 1.807) is 14.2 Å². The van der Waals surface area contributed by atoms with E-state index in [-0.39, 0.29) is 0 Å². The summed E-state index contributed by atoms with van der Waals surface area (Å²) >= 11 is 0. The first-order chi connectivity index (χ1) is 10.1. The summed E-state index contributed by atoms with van der Waals surface area (Å²) in [6.45, 7) is 8.27. The van der Waals surface area contributed by atoms with Gasteiger partial charge in [0, 0.05) is 20.1 Å². The summed E-state index contributed by atoms with van der Waals surface area (Å²) in [7, 11) is 3.50. The molecule has 0 heterocycles. The lowest BCUT2D eigenvalue weighted by Gasteiger charge is -2.13. The van der Waals surface area contributed by atoms with Crippen molar-refractivity contribution in [3.8, 4) is 5.75 Å². The zero-order valence-electron chi connectivity index (χ0n) is 14.0. The highest BCUT2D eigenvalue weighted by Crippen LogP contribution is 2.18. The Morgan fingerprint density at radius 3 is 2.62 bits per heavy atom. The molecule has 2 N–H and O–H groups in total. The molecular formula is C17H29N3O. The van der Waals surface area contributed by atoms with Crippen LogP contribution in [0.25, 0.3) is 0 Å². The molecule has 0 aromatic heterocycles. The summed E-state index contributed by atoms with van der Waals surface area (Å²) in [4.78, 5) is 4.25. The van der Waals surface area contributed by atoms with Crippen molar-refractivity contribution in [3.63, 3.8) is 0 Å². The van der Waals surface area contributed by atoms with Crippen LogP contribution in [0.1, 0.15) is 37.8 Å². The molecule has 0 spiro atoms. The van der Waals surface area contributed by atoms with Crippen LogP contribution in [0, 0.1) is 12.8 Å². The molecule has 0 aliphatic rings. The Labute approximate surface area is 129 Å². The standard InChI is InChI=1S/C17H29N3O/c1-13(2)7-6-10-19-17(18-4)20-12-15-8-9-16(21-5)14(3)11-15/h8-9,11,13H,6-7,10,12H2,1-5H3,(H2,18,19,20). The van der Waals surface area contributed by atoms with Gasteiger partial charge in [-0.3, -0.25) is 4.99 Å². The van der Waals surface area contributed by atoms with Gasteiger partial charge in [-0.05, 0) is 42.9 Å². The van der Waals surface area contributed by atoms with Crippen LogP contribution in [0.15, 0.2) is 23.2 Å². The van der Waals surface area contributed by atoms with Gasteiger partial charge in [-0.1, -0.05) is 26.0 Å². The molecule has 4 nitrogen and oxygen atoms in total. The molecular weight excluding hydrogens is 262 g/mol. The maximum absolute atomic E-state index is 5.27.